The molecular formula is C17H24N2O. The Kier molecular flexibility index (Phi) is 5.46. The van der Waals surface area contributed by atoms with Crippen LogP contribution in [0.25, 0.3) is 0 Å². The fourth-order valence-electron chi connectivity index (χ4n) is 2.86. The van der Waals surface area contributed by atoms with Gasteiger partial charge >= 0.3 is 0 Å². The molecule has 0 heterocycles. The molecule has 20 heavy (non-hydrogen) atoms. The van der Waals surface area contributed by atoms with Gasteiger partial charge in [-0.25, -0.2) is 0 Å². The molecule has 1 aliphatic carbocycles. The van der Waals surface area contributed by atoms with Gasteiger partial charge < -0.3 is 10.5 Å². The van der Waals surface area contributed by atoms with Crippen molar-refractivity contribution in [2.75, 3.05) is 20.7 Å². The van der Waals surface area contributed by atoms with Crippen LogP contribution in [0.1, 0.15) is 36.8 Å². The molecule has 0 atom stereocenters. The first-order chi connectivity index (χ1) is 9.74. The quantitative estimate of drug-likeness (QED) is 0.855. The molecule has 0 radical (unpaired) electrons. The highest BCUT2D eigenvalue weighted by molar-refractivity contribution is 5.48. The van der Waals surface area contributed by atoms with Crippen LogP contribution < -0.4 is 10.5 Å². The van der Waals surface area contributed by atoms with Crippen molar-refractivity contribution >= 4 is 0 Å². The first kappa shape index (κ1) is 14.9. The summed E-state index contributed by atoms with van der Waals surface area (Å²) in [5.41, 5.74) is 7.65. The largest absolute Gasteiger partial charge is 0.495 e. The Morgan fingerprint density at radius 3 is 2.75 bits per heavy atom. The summed E-state index contributed by atoms with van der Waals surface area (Å²) in [6.07, 6.45) is 5.38. The summed E-state index contributed by atoms with van der Waals surface area (Å²) in [4.78, 5) is 2.45. The smallest absolute Gasteiger partial charge is 0.134 e. The minimum atomic E-state index is 0.370. The number of nitrogens with zero attached hydrogens (tertiary/aromatic N) is 1. The maximum atomic E-state index is 5.45. The second-order valence-electron chi connectivity index (χ2n) is 5.39. The number of hydrogen-bond acceptors (Lipinski definition) is 3. The molecule has 1 aromatic carbocycles. The second-order valence-corrected chi connectivity index (χ2v) is 5.39. The summed E-state index contributed by atoms with van der Waals surface area (Å²) in [5.74, 6) is 6.81. The van der Waals surface area contributed by atoms with Crippen LogP contribution in [-0.4, -0.2) is 31.6 Å². The van der Waals surface area contributed by atoms with Gasteiger partial charge in [-0.15, -0.1) is 0 Å². The van der Waals surface area contributed by atoms with Gasteiger partial charge in [-0.2, -0.15) is 0 Å². The van der Waals surface area contributed by atoms with Crippen molar-refractivity contribution in [3.05, 3.63) is 29.3 Å². The van der Waals surface area contributed by atoms with Crippen LogP contribution in [0.5, 0.6) is 5.75 Å². The van der Waals surface area contributed by atoms with Gasteiger partial charge in [-0.05, 0) is 37.6 Å². The summed E-state index contributed by atoms with van der Waals surface area (Å²) >= 11 is 0. The van der Waals surface area contributed by atoms with Crippen molar-refractivity contribution in [2.24, 2.45) is 5.73 Å². The predicted molar refractivity (Wildman–Crippen MR) is 82.6 cm³/mol. The van der Waals surface area contributed by atoms with Crippen molar-refractivity contribution < 1.29 is 4.74 Å². The third-order valence-electron chi connectivity index (χ3n) is 3.97. The van der Waals surface area contributed by atoms with Gasteiger partial charge in [0.05, 0.1) is 19.2 Å². The molecule has 1 fully saturated rings. The zero-order valence-corrected chi connectivity index (χ0v) is 12.5. The molecule has 0 amide bonds. The molecular weight excluding hydrogens is 248 g/mol. The van der Waals surface area contributed by atoms with Gasteiger partial charge in [0, 0.05) is 12.6 Å². The standard InChI is InChI=1S/C17H24N2O/c1-19(16-7-3-4-8-16)13-14-9-10-17(20-2)15(12-14)6-5-11-18/h9-10,12,16H,3-4,7-8,11,13,18H2,1-2H3. The van der Waals surface area contributed by atoms with Crippen molar-refractivity contribution in [3.63, 3.8) is 0 Å². The lowest BCUT2D eigenvalue weighted by Gasteiger charge is -2.24. The van der Waals surface area contributed by atoms with Gasteiger partial charge in [0.15, 0.2) is 0 Å². The molecule has 0 aromatic heterocycles. The van der Waals surface area contributed by atoms with Gasteiger partial charge in [0.1, 0.15) is 5.75 Å². The normalized spacial score (nSPS) is 15.2. The van der Waals surface area contributed by atoms with Crippen LogP contribution in [0.2, 0.25) is 0 Å². The monoisotopic (exact) mass is 272 g/mol. The molecule has 1 saturated carbocycles. The SMILES string of the molecule is COc1ccc(CN(C)C2CCCC2)cc1C#CCN. The maximum Gasteiger partial charge on any atom is 0.134 e. The number of ether oxygens (including phenoxy) is 1. The van der Waals surface area contributed by atoms with E-state index in [2.05, 4.69) is 35.9 Å². The van der Waals surface area contributed by atoms with E-state index in [1.54, 1.807) is 7.11 Å². The third kappa shape index (κ3) is 3.75. The van der Waals surface area contributed by atoms with Crippen LogP contribution >= 0.6 is 0 Å². The van der Waals surface area contributed by atoms with Gasteiger partial charge in [-0.3, -0.25) is 4.90 Å². The minimum Gasteiger partial charge on any atom is -0.495 e. The van der Waals surface area contributed by atoms with Crippen LogP contribution in [0.4, 0.5) is 0 Å². The van der Waals surface area contributed by atoms with E-state index >= 15 is 0 Å². The molecule has 0 bridgehead atoms. The molecule has 2 rings (SSSR count). The fraction of sp³-hybridized carbons (Fsp3) is 0.529. The van der Waals surface area contributed by atoms with E-state index in [4.69, 9.17) is 10.5 Å². The Bertz CT molecular complexity index is 495. The molecule has 1 aromatic rings. The van der Waals surface area contributed by atoms with Crippen molar-refractivity contribution in [1.29, 1.82) is 0 Å². The van der Waals surface area contributed by atoms with Crippen LogP contribution in [0.3, 0.4) is 0 Å². The molecule has 0 saturated heterocycles. The third-order valence-corrected chi connectivity index (χ3v) is 3.97. The maximum absolute atomic E-state index is 5.45. The Morgan fingerprint density at radius 2 is 2.10 bits per heavy atom. The molecule has 1 aliphatic rings. The second kappa shape index (κ2) is 7.33. The Hall–Kier alpha value is -1.50. The molecule has 0 spiro atoms. The summed E-state index contributed by atoms with van der Waals surface area (Å²) in [7, 11) is 3.89. The van der Waals surface area contributed by atoms with Crippen LogP contribution in [-0.2, 0) is 6.54 Å². The highest BCUT2D eigenvalue weighted by Crippen LogP contribution is 2.25. The lowest BCUT2D eigenvalue weighted by Crippen LogP contribution is -2.28. The predicted octanol–water partition coefficient (Wildman–Crippen LogP) is 2.38. The zero-order chi connectivity index (χ0) is 14.4. The number of nitrogens with two attached hydrogens (primary N) is 1. The first-order valence-electron chi connectivity index (χ1n) is 7.30. The first-order valence-corrected chi connectivity index (χ1v) is 7.30. The van der Waals surface area contributed by atoms with Crippen molar-refractivity contribution in [1.82, 2.24) is 4.90 Å². The fourth-order valence-corrected chi connectivity index (χ4v) is 2.86. The Morgan fingerprint density at radius 1 is 1.35 bits per heavy atom. The Labute approximate surface area is 122 Å². The van der Waals surface area contributed by atoms with Crippen LogP contribution in [0.15, 0.2) is 18.2 Å². The highest BCUT2D eigenvalue weighted by atomic mass is 16.5. The summed E-state index contributed by atoms with van der Waals surface area (Å²) in [5, 5.41) is 0. The topological polar surface area (TPSA) is 38.5 Å². The molecule has 0 unspecified atom stereocenters. The van der Waals surface area contributed by atoms with E-state index in [1.165, 1.54) is 31.2 Å². The van der Waals surface area contributed by atoms with E-state index in [-0.39, 0.29) is 0 Å². The van der Waals surface area contributed by atoms with E-state index in [0.29, 0.717) is 6.54 Å². The molecule has 3 nitrogen and oxygen atoms in total. The van der Waals surface area contributed by atoms with Gasteiger partial charge in [0.25, 0.3) is 0 Å². The van der Waals surface area contributed by atoms with Crippen molar-refractivity contribution in [3.8, 4) is 17.6 Å². The van der Waals surface area contributed by atoms with Crippen molar-refractivity contribution in [2.45, 2.75) is 38.3 Å². The lowest BCUT2D eigenvalue weighted by molar-refractivity contribution is 0.237. The molecule has 3 heteroatoms. The number of benzene rings is 1. The highest BCUT2D eigenvalue weighted by Gasteiger charge is 2.19. The zero-order valence-electron chi connectivity index (χ0n) is 12.5. The summed E-state index contributed by atoms with van der Waals surface area (Å²) in [6.45, 7) is 1.33. The van der Waals surface area contributed by atoms with E-state index < -0.39 is 0 Å². The van der Waals surface area contributed by atoms with Gasteiger partial charge in [0.2, 0.25) is 0 Å². The number of hydrogen-bond donors (Lipinski definition) is 1. The van der Waals surface area contributed by atoms with E-state index in [1.807, 2.05) is 6.07 Å². The molecule has 0 aliphatic heterocycles. The Balaban J connectivity index is 2.11. The summed E-state index contributed by atoms with van der Waals surface area (Å²) in [6, 6.07) is 6.97. The summed E-state index contributed by atoms with van der Waals surface area (Å²) < 4.78 is 5.35. The molecule has 108 valence electrons. The number of rotatable bonds is 4. The van der Waals surface area contributed by atoms with E-state index in [0.717, 1.165) is 23.9 Å². The minimum absolute atomic E-state index is 0.370. The average molecular weight is 272 g/mol. The molecule has 2 N–H and O–H groups in total. The van der Waals surface area contributed by atoms with E-state index in [9.17, 15) is 0 Å². The van der Waals surface area contributed by atoms with Gasteiger partial charge in [-0.1, -0.05) is 30.7 Å². The number of methoxy groups -OCH3 is 1. The lowest BCUT2D eigenvalue weighted by atomic mass is 10.1. The van der Waals surface area contributed by atoms with Crippen LogP contribution in [0, 0.1) is 11.8 Å². The average Bonchev–Trinajstić information content (AvgIpc) is 2.99.